The van der Waals surface area contributed by atoms with Gasteiger partial charge in [-0.25, -0.2) is 4.98 Å². The van der Waals surface area contributed by atoms with E-state index >= 15 is 0 Å². The molecule has 2 fully saturated rings. The van der Waals surface area contributed by atoms with Crippen LogP contribution in [0.2, 0.25) is 0 Å². The Balaban J connectivity index is 1.55. The van der Waals surface area contributed by atoms with Crippen molar-refractivity contribution in [2.45, 2.75) is 51.5 Å². The van der Waals surface area contributed by atoms with Crippen molar-refractivity contribution in [3.8, 4) is 10.6 Å². The third-order valence-electron chi connectivity index (χ3n) is 5.53. The fourth-order valence-corrected chi connectivity index (χ4v) is 5.02. The van der Waals surface area contributed by atoms with Crippen LogP contribution in [0.25, 0.3) is 10.6 Å². The number of carbonyl (C=O) groups is 1. The maximum absolute atomic E-state index is 13.0. The second-order valence-electron chi connectivity index (χ2n) is 7.16. The minimum atomic E-state index is 0.140. The van der Waals surface area contributed by atoms with Crippen LogP contribution in [-0.4, -0.2) is 28.4 Å². The van der Waals surface area contributed by atoms with Gasteiger partial charge in [0, 0.05) is 23.5 Å². The zero-order valence-electron chi connectivity index (χ0n) is 14.2. The van der Waals surface area contributed by atoms with E-state index in [0.717, 1.165) is 23.5 Å². The van der Waals surface area contributed by atoms with Crippen LogP contribution in [0.4, 0.5) is 0 Å². The number of thiazole rings is 1. The van der Waals surface area contributed by atoms with Gasteiger partial charge in [-0.3, -0.25) is 4.79 Å². The second kappa shape index (κ2) is 6.67. The van der Waals surface area contributed by atoms with E-state index in [1.807, 2.05) is 5.38 Å². The van der Waals surface area contributed by atoms with E-state index in [2.05, 4.69) is 41.1 Å². The molecule has 1 aromatic heterocycles. The van der Waals surface area contributed by atoms with Crippen molar-refractivity contribution in [3.63, 3.8) is 0 Å². The van der Waals surface area contributed by atoms with Gasteiger partial charge in [0.05, 0.1) is 0 Å². The first-order valence-electron chi connectivity index (χ1n) is 9.06. The number of amides is 1. The van der Waals surface area contributed by atoms with Crippen molar-refractivity contribution in [3.05, 3.63) is 40.9 Å². The number of piperidine rings is 1. The smallest absolute Gasteiger partial charge is 0.273 e. The highest BCUT2D eigenvalue weighted by atomic mass is 32.1. The van der Waals surface area contributed by atoms with Gasteiger partial charge in [0.15, 0.2) is 0 Å². The summed E-state index contributed by atoms with van der Waals surface area (Å²) in [6.45, 7) is 2.98. The highest BCUT2D eigenvalue weighted by Crippen LogP contribution is 2.36. The summed E-state index contributed by atoms with van der Waals surface area (Å²) in [6.07, 6.45) is 7.49. The van der Waals surface area contributed by atoms with E-state index in [-0.39, 0.29) is 5.91 Å². The van der Waals surface area contributed by atoms with Crippen LogP contribution < -0.4 is 0 Å². The van der Waals surface area contributed by atoms with E-state index in [1.165, 1.54) is 37.7 Å². The Hall–Kier alpha value is -1.68. The molecule has 2 aliphatic rings. The minimum absolute atomic E-state index is 0.140. The number of hydrogen-bond acceptors (Lipinski definition) is 3. The molecule has 1 amide bonds. The number of fused-ring (bicyclic) bond motifs is 1. The van der Waals surface area contributed by atoms with E-state index < -0.39 is 0 Å². The molecule has 0 spiro atoms. The molecule has 2 atom stereocenters. The SMILES string of the molecule is Cc1ccc(-c2nc(C(=O)N3CCCC4CCCCC43)cs2)cc1. The maximum Gasteiger partial charge on any atom is 0.273 e. The van der Waals surface area contributed by atoms with E-state index in [4.69, 9.17) is 0 Å². The Labute approximate surface area is 147 Å². The van der Waals surface area contributed by atoms with Crippen LogP contribution in [0.1, 0.15) is 54.6 Å². The molecule has 3 nitrogen and oxygen atoms in total. The summed E-state index contributed by atoms with van der Waals surface area (Å²) in [6, 6.07) is 8.80. The number of likely N-dealkylation sites (tertiary alicyclic amines) is 1. The first-order chi connectivity index (χ1) is 11.7. The Bertz CT molecular complexity index is 719. The first-order valence-corrected chi connectivity index (χ1v) is 9.94. The quantitative estimate of drug-likeness (QED) is 0.778. The Morgan fingerprint density at radius 2 is 1.88 bits per heavy atom. The van der Waals surface area contributed by atoms with Gasteiger partial charge in [-0.1, -0.05) is 42.7 Å². The van der Waals surface area contributed by atoms with Crippen LogP contribution in [0.15, 0.2) is 29.6 Å². The fraction of sp³-hybridized carbons (Fsp3) is 0.500. The Morgan fingerprint density at radius 1 is 1.12 bits per heavy atom. The number of carbonyl (C=O) groups excluding carboxylic acids is 1. The fourth-order valence-electron chi connectivity index (χ4n) is 4.22. The zero-order valence-corrected chi connectivity index (χ0v) is 15.0. The van der Waals surface area contributed by atoms with Crippen LogP contribution in [0, 0.1) is 12.8 Å². The van der Waals surface area contributed by atoms with Crippen molar-refractivity contribution < 1.29 is 4.79 Å². The average molecular weight is 340 g/mol. The zero-order chi connectivity index (χ0) is 16.5. The summed E-state index contributed by atoms with van der Waals surface area (Å²) in [5.41, 5.74) is 2.96. The number of aryl methyl sites for hydroxylation is 1. The summed E-state index contributed by atoms with van der Waals surface area (Å²) in [4.78, 5) is 19.8. The number of rotatable bonds is 2. The lowest BCUT2D eigenvalue weighted by atomic mass is 9.78. The Morgan fingerprint density at radius 3 is 2.71 bits per heavy atom. The van der Waals surface area contributed by atoms with Crippen LogP contribution in [-0.2, 0) is 0 Å². The lowest BCUT2D eigenvalue weighted by Gasteiger charge is -2.43. The molecule has 24 heavy (non-hydrogen) atoms. The molecule has 1 aliphatic heterocycles. The maximum atomic E-state index is 13.0. The summed E-state index contributed by atoms with van der Waals surface area (Å²) < 4.78 is 0. The molecule has 126 valence electrons. The van der Waals surface area contributed by atoms with E-state index in [0.29, 0.717) is 17.7 Å². The standard InChI is InChI=1S/C20H24N2OS/c1-14-8-10-16(11-9-14)19-21-17(13-24-19)20(23)22-12-4-6-15-5-2-3-7-18(15)22/h8-11,13,15,18H,2-7,12H2,1H3. The molecular weight excluding hydrogens is 316 g/mol. The summed E-state index contributed by atoms with van der Waals surface area (Å²) in [5, 5.41) is 2.87. The highest BCUT2D eigenvalue weighted by molar-refractivity contribution is 7.13. The van der Waals surface area contributed by atoms with Crippen LogP contribution >= 0.6 is 11.3 Å². The van der Waals surface area contributed by atoms with Gasteiger partial charge in [0.25, 0.3) is 5.91 Å². The molecule has 2 unspecified atom stereocenters. The second-order valence-corrected chi connectivity index (χ2v) is 8.01. The van der Waals surface area contributed by atoms with Gasteiger partial charge < -0.3 is 4.90 Å². The molecule has 0 radical (unpaired) electrons. The molecule has 2 aromatic rings. The monoisotopic (exact) mass is 340 g/mol. The first kappa shape index (κ1) is 15.8. The van der Waals surface area contributed by atoms with E-state index in [9.17, 15) is 4.79 Å². The third-order valence-corrected chi connectivity index (χ3v) is 6.42. The molecule has 1 saturated carbocycles. The molecular formula is C20H24N2OS. The van der Waals surface area contributed by atoms with Gasteiger partial charge >= 0.3 is 0 Å². The number of nitrogens with zero attached hydrogens (tertiary/aromatic N) is 2. The van der Waals surface area contributed by atoms with Gasteiger partial charge in [-0.05, 0) is 38.5 Å². The molecule has 4 rings (SSSR count). The van der Waals surface area contributed by atoms with Crippen molar-refractivity contribution in [2.75, 3.05) is 6.54 Å². The molecule has 2 heterocycles. The predicted octanol–water partition coefficient (Wildman–Crippen LogP) is 4.91. The molecule has 0 N–H and O–H groups in total. The highest BCUT2D eigenvalue weighted by Gasteiger charge is 2.36. The Kier molecular flexibility index (Phi) is 4.40. The molecule has 4 heteroatoms. The molecule has 1 aliphatic carbocycles. The van der Waals surface area contributed by atoms with Gasteiger partial charge in [-0.15, -0.1) is 11.3 Å². The van der Waals surface area contributed by atoms with Crippen molar-refractivity contribution in [1.82, 2.24) is 9.88 Å². The third kappa shape index (κ3) is 3.00. The molecule has 1 aromatic carbocycles. The van der Waals surface area contributed by atoms with Crippen LogP contribution in [0.3, 0.4) is 0 Å². The van der Waals surface area contributed by atoms with Gasteiger partial charge in [0.2, 0.25) is 0 Å². The van der Waals surface area contributed by atoms with Gasteiger partial charge in [0.1, 0.15) is 10.7 Å². The minimum Gasteiger partial charge on any atom is -0.334 e. The largest absolute Gasteiger partial charge is 0.334 e. The average Bonchev–Trinajstić information content (AvgIpc) is 3.11. The lowest BCUT2D eigenvalue weighted by Crippen LogP contribution is -2.49. The normalized spacial score (nSPS) is 23.8. The number of benzene rings is 1. The van der Waals surface area contributed by atoms with E-state index in [1.54, 1.807) is 11.3 Å². The molecule has 0 bridgehead atoms. The molecule has 1 saturated heterocycles. The lowest BCUT2D eigenvalue weighted by molar-refractivity contribution is 0.0386. The van der Waals surface area contributed by atoms with Crippen LogP contribution in [0.5, 0.6) is 0 Å². The van der Waals surface area contributed by atoms with Crippen molar-refractivity contribution >= 4 is 17.2 Å². The summed E-state index contributed by atoms with van der Waals surface area (Å²) >= 11 is 1.57. The number of hydrogen-bond donors (Lipinski definition) is 0. The summed E-state index contributed by atoms with van der Waals surface area (Å²) in [5.74, 6) is 0.855. The topological polar surface area (TPSA) is 33.2 Å². The van der Waals surface area contributed by atoms with Crippen molar-refractivity contribution in [2.24, 2.45) is 5.92 Å². The number of aromatic nitrogens is 1. The van der Waals surface area contributed by atoms with Crippen molar-refractivity contribution in [1.29, 1.82) is 0 Å². The predicted molar refractivity (Wildman–Crippen MR) is 98.3 cm³/mol. The summed E-state index contributed by atoms with van der Waals surface area (Å²) in [7, 11) is 0. The van der Waals surface area contributed by atoms with Gasteiger partial charge in [-0.2, -0.15) is 0 Å².